The molecule has 5 heteroatoms. The number of hydrogen-bond acceptors (Lipinski definition) is 4. The quantitative estimate of drug-likeness (QED) is 0.762. The Bertz CT molecular complexity index is 259. The van der Waals surface area contributed by atoms with Gasteiger partial charge in [-0.05, 0) is 18.9 Å². The minimum atomic E-state index is -0.365. The van der Waals surface area contributed by atoms with Crippen molar-refractivity contribution in [2.45, 2.75) is 26.3 Å². The minimum absolute atomic E-state index is 0.0959. The van der Waals surface area contributed by atoms with Crippen LogP contribution in [-0.2, 0) is 9.53 Å². The average Bonchev–Trinajstić information content (AvgIpc) is 2.59. The number of rotatable bonds is 5. The summed E-state index contributed by atoms with van der Waals surface area (Å²) in [6, 6.07) is -0.365. The van der Waals surface area contributed by atoms with Crippen LogP contribution in [0.3, 0.4) is 0 Å². The largest absolute Gasteiger partial charge is 0.383 e. The molecule has 1 aliphatic heterocycles. The fourth-order valence-corrected chi connectivity index (χ4v) is 2.13. The van der Waals surface area contributed by atoms with Gasteiger partial charge in [-0.15, -0.1) is 0 Å². The Kier molecular flexibility index (Phi) is 6.60. The van der Waals surface area contributed by atoms with E-state index in [2.05, 4.69) is 4.90 Å². The molecule has 0 saturated carbocycles. The van der Waals surface area contributed by atoms with E-state index in [4.69, 9.17) is 10.5 Å². The van der Waals surface area contributed by atoms with Gasteiger partial charge in [0, 0.05) is 33.3 Å². The van der Waals surface area contributed by atoms with Crippen molar-refractivity contribution >= 4 is 5.91 Å². The van der Waals surface area contributed by atoms with E-state index in [1.54, 1.807) is 7.11 Å². The van der Waals surface area contributed by atoms with Crippen LogP contribution in [0.15, 0.2) is 0 Å². The molecule has 1 fully saturated rings. The second kappa shape index (κ2) is 7.71. The Morgan fingerprint density at radius 2 is 2.00 bits per heavy atom. The summed E-state index contributed by atoms with van der Waals surface area (Å²) in [4.78, 5) is 16.4. The summed E-state index contributed by atoms with van der Waals surface area (Å²) in [5, 5.41) is 0. The topological polar surface area (TPSA) is 58.8 Å². The van der Waals surface area contributed by atoms with Gasteiger partial charge in [-0.3, -0.25) is 9.69 Å². The molecule has 1 atom stereocenters. The fourth-order valence-electron chi connectivity index (χ4n) is 2.13. The van der Waals surface area contributed by atoms with E-state index in [9.17, 15) is 4.79 Å². The van der Waals surface area contributed by atoms with Crippen molar-refractivity contribution in [1.82, 2.24) is 9.80 Å². The molecule has 0 aromatic heterocycles. The van der Waals surface area contributed by atoms with Gasteiger partial charge < -0.3 is 15.4 Å². The summed E-state index contributed by atoms with van der Waals surface area (Å²) in [7, 11) is 1.72. The molecule has 0 spiro atoms. The Morgan fingerprint density at radius 1 is 1.28 bits per heavy atom. The van der Waals surface area contributed by atoms with Crippen LogP contribution in [-0.4, -0.2) is 68.2 Å². The van der Waals surface area contributed by atoms with Gasteiger partial charge in [0.1, 0.15) is 0 Å². The molecule has 1 heterocycles. The average molecular weight is 257 g/mol. The van der Waals surface area contributed by atoms with Crippen molar-refractivity contribution in [3.8, 4) is 0 Å². The first-order valence-corrected chi connectivity index (χ1v) is 6.82. The summed E-state index contributed by atoms with van der Waals surface area (Å²) in [5.41, 5.74) is 5.93. The van der Waals surface area contributed by atoms with Crippen LogP contribution in [0.2, 0.25) is 0 Å². The lowest BCUT2D eigenvalue weighted by Crippen LogP contribution is -2.47. The smallest absolute Gasteiger partial charge is 0.239 e. The molecule has 1 aliphatic rings. The highest BCUT2D eigenvalue weighted by Gasteiger charge is 2.25. The minimum Gasteiger partial charge on any atom is -0.383 e. The molecule has 0 unspecified atom stereocenters. The van der Waals surface area contributed by atoms with E-state index >= 15 is 0 Å². The van der Waals surface area contributed by atoms with Crippen molar-refractivity contribution < 1.29 is 9.53 Å². The first-order chi connectivity index (χ1) is 8.56. The van der Waals surface area contributed by atoms with Crippen LogP contribution in [0.1, 0.15) is 20.3 Å². The van der Waals surface area contributed by atoms with Crippen LogP contribution >= 0.6 is 0 Å². The Labute approximate surface area is 110 Å². The highest BCUT2D eigenvalue weighted by Crippen LogP contribution is 2.08. The molecule has 0 aromatic carbocycles. The molecule has 18 heavy (non-hydrogen) atoms. The summed E-state index contributed by atoms with van der Waals surface area (Å²) >= 11 is 0. The number of ether oxygens (including phenoxy) is 1. The van der Waals surface area contributed by atoms with Gasteiger partial charge in [0.25, 0.3) is 0 Å². The SMILES string of the molecule is COCCN1CCCN(C(=O)[C@H](N)C(C)C)CC1. The second-order valence-electron chi connectivity index (χ2n) is 5.28. The Hall–Kier alpha value is -0.650. The molecule has 0 aromatic rings. The van der Waals surface area contributed by atoms with E-state index in [0.29, 0.717) is 0 Å². The van der Waals surface area contributed by atoms with Gasteiger partial charge in [0.2, 0.25) is 5.91 Å². The number of nitrogens with two attached hydrogens (primary N) is 1. The van der Waals surface area contributed by atoms with Crippen molar-refractivity contribution in [1.29, 1.82) is 0 Å². The molecule has 1 amide bonds. The summed E-state index contributed by atoms with van der Waals surface area (Å²) < 4.78 is 5.09. The molecular formula is C13H27N3O2. The van der Waals surface area contributed by atoms with E-state index in [1.165, 1.54) is 0 Å². The molecule has 1 rings (SSSR count). The third kappa shape index (κ3) is 4.55. The zero-order valence-corrected chi connectivity index (χ0v) is 11.9. The van der Waals surface area contributed by atoms with Gasteiger partial charge in [0.05, 0.1) is 12.6 Å². The fraction of sp³-hybridized carbons (Fsp3) is 0.923. The summed E-state index contributed by atoms with van der Waals surface area (Å²) in [6.07, 6.45) is 1.01. The molecule has 1 saturated heterocycles. The highest BCUT2D eigenvalue weighted by molar-refractivity contribution is 5.81. The zero-order chi connectivity index (χ0) is 13.5. The van der Waals surface area contributed by atoms with Gasteiger partial charge >= 0.3 is 0 Å². The first-order valence-electron chi connectivity index (χ1n) is 6.82. The molecule has 0 aliphatic carbocycles. The number of carbonyl (C=O) groups is 1. The number of amides is 1. The van der Waals surface area contributed by atoms with E-state index in [1.807, 2.05) is 18.7 Å². The lowest BCUT2D eigenvalue weighted by Gasteiger charge is -2.26. The standard InChI is InChI=1S/C13H27N3O2/c1-11(2)12(14)13(17)16-6-4-5-15(7-8-16)9-10-18-3/h11-12H,4-10,14H2,1-3H3/t12-/m1/s1. The number of carbonyl (C=O) groups excluding carboxylic acids is 1. The van der Waals surface area contributed by atoms with Crippen molar-refractivity contribution in [2.24, 2.45) is 11.7 Å². The van der Waals surface area contributed by atoms with Crippen LogP contribution in [0.5, 0.6) is 0 Å². The molecular weight excluding hydrogens is 230 g/mol. The Balaban J connectivity index is 2.43. The lowest BCUT2D eigenvalue weighted by molar-refractivity contribution is -0.133. The predicted molar refractivity (Wildman–Crippen MR) is 72.3 cm³/mol. The van der Waals surface area contributed by atoms with Gasteiger partial charge in [-0.1, -0.05) is 13.8 Å². The molecule has 5 nitrogen and oxygen atoms in total. The normalized spacial score (nSPS) is 19.9. The summed E-state index contributed by atoms with van der Waals surface area (Å²) in [6.45, 7) is 9.22. The lowest BCUT2D eigenvalue weighted by atomic mass is 10.0. The monoisotopic (exact) mass is 257 g/mol. The third-order valence-corrected chi connectivity index (χ3v) is 3.52. The first kappa shape index (κ1) is 15.4. The molecule has 106 valence electrons. The van der Waals surface area contributed by atoms with Gasteiger partial charge in [0.15, 0.2) is 0 Å². The van der Waals surface area contributed by atoms with E-state index in [-0.39, 0.29) is 17.9 Å². The van der Waals surface area contributed by atoms with E-state index < -0.39 is 0 Å². The predicted octanol–water partition coefficient (Wildman–Crippen LogP) is 0.150. The maximum Gasteiger partial charge on any atom is 0.239 e. The van der Waals surface area contributed by atoms with Crippen LogP contribution in [0, 0.1) is 5.92 Å². The third-order valence-electron chi connectivity index (χ3n) is 3.52. The van der Waals surface area contributed by atoms with Crippen LogP contribution < -0.4 is 5.73 Å². The summed E-state index contributed by atoms with van der Waals surface area (Å²) in [5.74, 6) is 0.295. The maximum atomic E-state index is 12.2. The van der Waals surface area contributed by atoms with Crippen LogP contribution in [0.25, 0.3) is 0 Å². The van der Waals surface area contributed by atoms with Gasteiger partial charge in [-0.2, -0.15) is 0 Å². The second-order valence-corrected chi connectivity index (χ2v) is 5.28. The molecule has 0 bridgehead atoms. The van der Waals surface area contributed by atoms with Crippen molar-refractivity contribution in [3.63, 3.8) is 0 Å². The van der Waals surface area contributed by atoms with Crippen molar-refractivity contribution in [3.05, 3.63) is 0 Å². The molecule has 2 N–H and O–H groups in total. The Morgan fingerprint density at radius 3 is 2.61 bits per heavy atom. The van der Waals surface area contributed by atoms with Crippen LogP contribution in [0.4, 0.5) is 0 Å². The molecule has 0 radical (unpaired) electrons. The maximum absolute atomic E-state index is 12.2. The highest BCUT2D eigenvalue weighted by atomic mass is 16.5. The number of nitrogens with zero attached hydrogens (tertiary/aromatic N) is 2. The van der Waals surface area contributed by atoms with E-state index in [0.717, 1.165) is 45.8 Å². The van der Waals surface area contributed by atoms with Gasteiger partial charge in [-0.25, -0.2) is 0 Å². The number of methoxy groups -OCH3 is 1. The van der Waals surface area contributed by atoms with Crippen molar-refractivity contribution in [2.75, 3.05) is 46.4 Å². The zero-order valence-electron chi connectivity index (χ0n) is 11.9. The number of hydrogen-bond donors (Lipinski definition) is 1.